The third-order valence-electron chi connectivity index (χ3n) is 4.89. The number of aliphatic hydroxyl groups is 1. The van der Waals surface area contributed by atoms with Crippen LogP contribution < -0.4 is 16.0 Å². The van der Waals surface area contributed by atoms with Crippen LogP contribution in [0.1, 0.15) is 33.1 Å². The third kappa shape index (κ3) is 22.2. The predicted octanol–water partition coefficient (Wildman–Crippen LogP) is -0.548. The maximum absolute atomic E-state index is 12.2. The van der Waals surface area contributed by atoms with Crippen molar-refractivity contribution in [2.24, 2.45) is 5.92 Å². The molecule has 0 heterocycles. The van der Waals surface area contributed by atoms with Crippen molar-refractivity contribution in [3.63, 3.8) is 0 Å². The standard InChI is InChI=1S/C21H43N3O14P2/c1-17(26)23-14-20(24-18(2)27)21(28)22-7-5-4-6-19(15-25)16-38-40(31,32)37-13-11-35-9-8-34-10-12-36-39(29,30)33-3/h19-20,25H,4-16H2,1-3H3,(H,22,28)(H,23,26)(H,24,27)(H,29,30)(H,31,32)/t19?,20-/m0/s1. The first-order chi connectivity index (χ1) is 18.8. The Morgan fingerprint density at radius 1 is 0.800 bits per heavy atom. The molecule has 0 saturated carbocycles. The summed E-state index contributed by atoms with van der Waals surface area (Å²) >= 11 is 0. The molecule has 0 aliphatic carbocycles. The second-order valence-electron chi connectivity index (χ2n) is 8.33. The van der Waals surface area contributed by atoms with Gasteiger partial charge >= 0.3 is 15.6 Å². The summed E-state index contributed by atoms with van der Waals surface area (Å²) in [7, 11) is -7.36. The summed E-state index contributed by atoms with van der Waals surface area (Å²) in [5.41, 5.74) is 0. The lowest BCUT2D eigenvalue weighted by atomic mass is 10.0. The molecule has 0 aliphatic rings. The van der Waals surface area contributed by atoms with Gasteiger partial charge < -0.3 is 40.3 Å². The SMILES string of the molecule is COP(=O)(O)OCCOCCOCCOP(=O)(O)OCC(CO)CCCCNC(=O)[C@H](CNC(C)=O)NC(C)=O. The lowest BCUT2D eigenvalue weighted by molar-refractivity contribution is -0.128. The molecule has 236 valence electrons. The molecule has 17 nitrogen and oxygen atoms in total. The van der Waals surface area contributed by atoms with Gasteiger partial charge in [-0.05, 0) is 12.8 Å². The van der Waals surface area contributed by atoms with Crippen molar-refractivity contribution < 1.29 is 66.0 Å². The number of phosphoric ester groups is 2. The Kier molecular flexibility index (Phi) is 21.3. The van der Waals surface area contributed by atoms with E-state index in [2.05, 4.69) is 25.0 Å². The zero-order chi connectivity index (χ0) is 30.4. The van der Waals surface area contributed by atoms with Crippen LogP contribution in [0.4, 0.5) is 0 Å². The van der Waals surface area contributed by atoms with E-state index in [9.17, 15) is 33.5 Å². The molecule has 0 rings (SSSR count). The first kappa shape index (κ1) is 38.5. The van der Waals surface area contributed by atoms with Crippen LogP contribution in [0.25, 0.3) is 0 Å². The summed E-state index contributed by atoms with van der Waals surface area (Å²) in [6.45, 7) is 2.20. The Morgan fingerprint density at radius 2 is 1.38 bits per heavy atom. The number of carbonyl (C=O) groups excluding carboxylic acids is 3. The Hall–Kier alpha value is -1.49. The summed E-state index contributed by atoms with van der Waals surface area (Å²) in [5, 5.41) is 17.1. The van der Waals surface area contributed by atoms with Gasteiger partial charge in [-0.15, -0.1) is 0 Å². The van der Waals surface area contributed by atoms with Gasteiger partial charge in [0.05, 0.1) is 46.2 Å². The fraction of sp³-hybridized carbons (Fsp3) is 0.857. The molecule has 0 aliphatic heterocycles. The molecule has 0 aromatic carbocycles. The van der Waals surface area contributed by atoms with Crippen LogP contribution in [0.2, 0.25) is 0 Å². The molecule has 0 aromatic heterocycles. The van der Waals surface area contributed by atoms with Gasteiger partial charge in [0.1, 0.15) is 6.04 Å². The van der Waals surface area contributed by atoms with Crippen LogP contribution >= 0.6 is 15.6 Å². The second-order valence-corrected chi connectivity index (χ2v) is 11.3. The van der Waals surface area contributed by atoms with Crippen LogP contribution in [0.5, 0.6) is 0 Å². The number of rotatable bonds is 25. The van der Waals surface area contributed by atoms with E-state index in [1.807, 2.05) is 0 Å². The molecule has 0 fully saturated rings. The zero-order valence-electron chi connectivity index (χ0n) is 23.1. The maximum atomic E-state index is 12.2. The van der Waals surface area contributed by atoms with Crippen molar-refractivity contribution in [1.29, 1.82) is 0 Å². The molecule has 0 saturated heterocycles. The van der Waals surface area contributed by atoms with Gasteiger partial charge in [-0.1, -0.05) is 6.42 Å². The number of hydrogen-bond donors (Lipinski definition) is 6. The maximum Gasteiger partial charge on any atom is 0.472 e. The quantitative estimate of drug-likeness (QED) is 0.0553. The normalized spacial score (nSPS) is 15.8. The van der Waals surface area contributed by atoms with Crippen molar-refractivity contribution in [1.82, 2.24) is 16.0 Å². The Bertz CT molecular complexity index is 834. The average Bonchev–Trinajstić information content (AvgIpc) is 2.88. The molecular weight excluding hydrogens is 580 g/mol. The molecule has 3 amide bonds. The fourth-order valence-electron chi connectivity index (χ4n) is 2.86. The van der Waals surface area contributed by atoms with E-state index in [1.54, 1.807) is 0 Å². The molecular formula is C21H43N3O14P2. The summed E-state index contributed by atoms with van der Waals surface area (Å²) < 4.78 is 51.9. The monoisotopic (exact) mass is 623 g/mol. The van der Waals surface area contributed by atoms with Gasteiger partial charge in [-0.3, -0.25) is 32.5 Å². The number of unbranched alkanes of at least 4 members (excludes halogenated alkanes) is 1. The number of ether oxygens (including phenoxy) is 2. The lowest BCUT2D eigenvalue weighted by Gasteiger charge is -2.19. The molecule has 0 bridgehead atoms. The molecule has 40 heavy (non-hydrogen) atoms. The Labute approximate surface area is 233 Å². The van der Waals surface area contributed by atoms with Crippen molar-refractivity contribution >= 4 is 33.4 Å². The van der Waals surface area contributed by atoms with Crippen LogP contribution in [-0.4, -0.2) is 112 Å². The van der Waals surface area contributed by atoms with E-state index >= 15 is 0 Å². The highest BCUT2D eigenvalue weighted by atomic mass is 31.2. The topological polar surface area (TPSA) is 238 Å². The highest BCUT2D eigenvalue weighted by Gasteiger charge is 2.23. The Morgan fingerprint density at radius 3 is 1.90 bits per heavy atom. The summed E-state index contributed by atoms with van der Waals surface area (Å²) in [6.07, 6.45) is 1.55. The van der Waals surface area contributed by atoms with E-state index < -0.39 is 39.4 Å². The van der Waals surface area contributed by atoms with Gasteiger partial charge in [0.15, 0.2) is 0 Å². The van der Waals surface area contributed by atoms with Crippen LogP contribution in [0.3, 0.4) is 0 Å². The number of carbonyl (C=O) groups is 3. The van der Waals surface area contributed by atoms with Crippen molar-refractivity contribution in [2.75, 3.05) is 73.1 Å². The zero-order valence-corrected chi connectivity index (χ0v) is 24.9. The van der Waals surface area contributed by atoms with E-state index in [0.717, 1.165) is 7.11 Å². The molecule has 19 heteroatoms. The van der Waals surface area contributed by atoms with Gasteiger partial charge in [0, 0.05) is 46.6 Å². The number of amides is 3. The summed E-state index contributed by atoms with van der Waals surface area (Å²) in [6, 6.07) is -0.908. The van der Waals surface area contributed by atoms with Crippen molar-refractivity contribution in [3.8, 4) is 0 Å². The fourth-order valence-corrected chi connectivity index (χ4v) is 4.04. The van der Waals surface area contributed by atoms with Gasteiger partial charge in [-0.25, -0.2) is 9.13 Å². The highest BCUT2D eigenvalue weighted by molar-refractivity contribution is 7.47. The number of nitrogens with one attached hydrogen (secondary N) is 3. The first-order valence-electron chi connectivity index (χ1n) is 12.5. The molecule has 0 aromatic rings. The smallest absolute Gasteiger partial charge is 0.396 e. The number of aliphatic hydroxyl groups excluding tert-OH is 1. The van der Waals surface area contributed by atoms with Crippen LogP contribution in [0.15, 0.2) is 0 Å². The van der Waals surface area contributed by atoms with Crippen molar-refractivity contribution in [3.05, 3.63) is 0 Å². The number of phosphoric acid groups is 2. The lowest BCUT2D eigenvalue weighted by Crippen LogP contribution is -2.52. The van der Waals surface area contributed by atoms with E-state index in [4.69, 9.17) is 23.4 Å². The number of hydrogen-bond acceptors (Lipinski definition) is 12. The predicted molar refractivity (Wildman–Crippen MR) is 140 cm³/mol. The molecule has 6 N–H and O–H groups in total. The van der Waals surface area contributed by atoms with Crippen LogP contribution in [0, 0.1) is 5.92 Å². The van der Waals surface area contributed by atoms with Gasteiger partial charge in [-0.2, -0.15) is 0 Å². The van der Waals surface area contributed by atoms with E-state index in [0.29, 0.717) is 19.3 Å². The second kappa shape index (κ2) is 22.2. The molecule has 0 radical (unpaired) electrons. The minimum atomic E-state index is -4.37. The largest absolute Gasteiger partial charge is 0.472 e. The minimum Gasteiger partial charge on any atom is -0.396 e. The van der Waals surface area contributed by atoms with E-state index in [1.165, 1.54) is 13.8 Å². The van der Waals surface area contributed by atoms with Gasteiger partial charge in [0.2, 0.25) is 17.7 Å². The first-order valence-corrected chi connectivity index (χ1v) is 15.5. The molecule has 4 atom stereocenters. The highest BCUT2D eigenvalue weighted by Crippen LogP contribution is 2.43. The van der Waals surface area contributed by atoms with E-state index in [-0.39, 0.29) is 71.9 Å². The minimum absolute atomic E-state index is 0.0218. The molecule has 0 spiro atoms. The third-order valence-corrected chi connectivity index (χ3v) is 6.84. The molecule has 3 unspecified atom stereocenters. The average molecular weight is 624 g/mol. The van der Waals surface area contributed by atoms with Crippen LogP contribution in [-0.2, 0) is 51.1 Å². The van der Waals surface area contributed by atoms with Gasteiger partial charge in [0.25, 0.3) is 0 Å². The van der Waals surface area contributed by atoms with Crippen molar-refractivity contribution in [2.45, 2.75) is 39.2 Å². The Balaban J connectivity index is 4.02. The summed E-state index contributed by atoms with van der Waals surface area (Å²) in [5.74, 6) is -1.63. The summed E-state index contributed by atoms with van der Waals surface area (Å²) in [4.78, 5) is 53.4.